The Kier molecular flexibility index (Phi) is 15.3. The summed E-state index contributed by atoms with van der Waals surface area (Å²) in [5, 5.41) is 7.21. The van der Waals surface area contributed by atoms with Gasteiger partial charge in [0.1, 0.15) is 0 Å². The van der Waals surface area contributed by atoms with Crippen LogP contribution in [0.3, 0.4) is 0 Å². The van der Waals surface area contributed by atoms with Gasteiger partial charge in [-0.15, -0.1) is 25.7 Å². The lowest BCUT2D eigenvalue weighted by molar-refractivity contribution is 0.745. The van der Waals surface area contributed by atoms with E-state index in [4.69, 9.17) is 25.7 Å². The third kappa shape index (κ3) is 10.8. The quantitative estimate of drug-likeness (QED) is 0.0728. The lowest BCUT2D eigenvalue weighted by Gasteiger charge is -2.37. The van der Waals surface area contributed by atoms with E-state index in [-0.39, 0.29) is 0 Å². The number of benzene rings is 12. The Bertz CT molecular complexity index is 6160. The van der Waals surface area contributed by atoms with Crippen molar-refractivity contribution >= 4 is 34.4 Å². The molecule has 12 aromatic carbocycles. The van der Waals surface area contributed by atoms with Crippen molar-refractivity contribution in [1.82, 2.24) is 20.6 Å². The van der Waals surface area contributed by atoms with Crippen molar-refractivity contribution in [2.45, 2.75) is 18.3 Å². The van der Waals surface area contributed by atoms with Crippen LogP contribution in [-0.4, -0.2) is 23.1 Å². The number of fused-ring (bicyclic) bond motifs is 12. The highest BCUT2D eigenvalue weighted by molar-refractivity contribution is 6.10. The Hall–Kier alpha value is -14.5. The molecule has 0 unspecified atom stereocenters. The van der Waals surface area contributed by atoms with E-state index in [1.54, 1.807) is 0 Å². The summed E-state index contributed by atoms with van der Waals surface area (Å²) in [6, 6.07) is 99.0. The summed E-state index contributed by atoms with van der Waals surface area (Å²) in [5.74, 6) is 11.6. The molecule has 4 heteroatoms. The highest BCUT2D eigenvalue weighted by atomic mass is 14.9. The van der Waals surface area contributed by atoms with E-state index in [0.717, 1.165) is 182 Å². The lowest BCUT2D eigenvalue weighted by Crippen LogP contribution is -2.31. The number of aromatic amines is 2. The minimum atomic E-state index is -0.882. The molecule has 4 aliphatic carbocycles. The van der Waals surface area contributed by atoms with Gasteiger partial charge in [0.15, 0.2) is 0 Å². The molecule has 2 aliphatic heterocycles. The molecule has 14 aromatic rings. The molecule has 0 saturated carbocycles. The van der Waals surface area contributed by atoms with Crippen molar-refractivity contribution in [3.05, 3.63) is 415 Å². The number of hydrogen-bond acceptors (Lipinski definition) is 2. The predicted molar refractivity (Wildman–Crippen MR) is 451 cm³/mol. The highest BCUT2D eigenvalue weighted by Crippen LogP contribution is 2.54. The number of terminal acetylenes is 4. The Morgan fingerprint density at radius 3 is 0.743 bits per heavy atom. The van der Waals surface area contributed by atoms with Gasteiger partial charge in [-0.3, -0.25) is 0 Å². The van der Waals surface area contributed by atoms with Gasteiger partial charge in [-0.2, -0.15) is 0 Å². The number of aromatic nitrogens is 2. The number of hydrogen-bond donors (Lipinski definition) is 4. The fraction of sp³-hybridized carbons (Fsp3) is 0.0476. The van der Waals surface area contributed by atoms with Gasteiger partial charge in [-0.1, -0.05) is 206 Å². The first-order valence-corrected chi connectivity index (χ1v) is 37.2. The van der Waals surface area contributed by atoms with E-state index in [0.29, 0.717) is 0 Å². The van der Waals surface area contributed by atoms with E-state index in [1.165, 1.54) is 66.8 Å². The van der Waals surface area contributed by atoms with Crippen molar-refractivity contribution in [2.24, 2.45) is 0 Å². The standard InChI is InChI=1S/C105H68N4/c1-5-65-17-41-85-89-45-29-73(57-97(89)101(93(85)53-65)61-81-13-9-49-106-81)69-21-33-77(34-22-69)105(78-35-23-70(24-36-78)74-30-46-90-86-42-18-66(6-2)54-94(86)102(98(90)58-74)62-82-14-10-50-107-82,79-37-25-71(26-38-79)75-31-47-91-87-43-19-67(7-3)55-95(87)103(99(91)59-75)63-83-15-11-51-108-83)80-39-27-72(28-40-80)76-32-48-92-88-44-20-68(8-4)56-96(88)104(100(92)60-76)64-84-16-12-52-109-84/h1-4,9-10,13-50,53-64,106-109H,11-12,51-52H2/b101-61+,102-62+,103-63+,104-64+. The van der Waals surface area contributed by atoms with Crippen molar-refractivity contribution < 1.29 is 0 Å². The third-order valence-electron chi connectivity index (χ3n) is 23.0. The van der Waals surface area contributed by atoms with E-state index in [1.807, 2.05) is 36.7 Å². The first kappa shape index (κ1) is 64.1. The van der Waals surface area contributed by atoms with Gasteiger partial charge >= 0.3 is 0 Å². The second kappa shape index (κ2) is 26.0. The summed E-state index contributed by atoms with van der Waals surface area (Å²) >= 11 is 0. The Balaban J connectivity index is 0.757. The van der Waals surface area contributed by atoms with Crippen LogP contribution < -0.4 is 10.6 Å². The number of rotatable bonds is 12. The SMILES string of the molecule is C#Cc1ccc2c(c1)/C(=C\C1=CCCN1)c1cc(-c3ccc(C(c4ccc(-c5ccc6c(c5)/C(=C/C5=CCCN5)c5cc(C#C)ccc5-6)cc4)(c4ccc(-c5ccc6c(c5)/C(=C/c5ccc[nH]5)c5cc(C#C)ccc5-6)cc4)c4ccc(-c5ccc6c(c5)/C(=C/c5ccc[nH]5)c5cc(C#C)ccc5-6)cc4)cc3)ccc1-2. The van der Waals surface area contributed by atoms with Crippen LogP contribution in [-0.2, 0) is 5.41 Å². The second-order valence-electron chi connectivity index (χ2n) is 29.0. The molecule has 109 heavy (non-hydrogen) atoms. The molecule has 0 fully saturated rings. The number of H-pyrrole nitrogens is 2. The van der Waals surface area contributed by atoms with Crippen LogP contribution in [0.1, 0.15) is 113 Å². The summed E-state index contributed by atoms with van der Waals surface area (Å²) in [5.41, 5.74) is 43.6. The van der Waals surface area contributed by atoms with Gasteiger partial charge in [-0.25, -0.2) is 0 Å². The zero-order valence-electron chi connectivity index (χ0n) is 59.7. The maximum atomic E-state index is 6.06. The molecule has 0 amide bonds. The van der Waals surface area contributed by atoms with Crippen LogP contribution in [0.25, 0.3) is 123 Å². The van der Waals surface area contributed by atoms with Crippen LogP contribution in [0.5, 0.6) is 0 Å². The van der Waals surface area contributed by atoms with E-state index in [2.05, 4.69) is 323 Å². The van der Waals surface area contributed by atoms with Crippen molar-refractivity contribution in [2.75, 3.05) is 13.1 Å². The van der Waals surface area contributed by atoms with Gasteiger partial charge in [0.25, 0.3) is 0 Å². The maximum absolute atomic E-state index is 6.06. The molecule has 0 radical (unpaired) electrons. The molecule has 0 saturated heterocycles. The summed E-state index contributed by atoms with van der Waals surface area (Å²) < 4.78 is 0. The Labute approximate surface area is 636 Å². The van der Waals surface area contributed by atoms with Gasteiger partial charge in [0, 0.05) is 70.5 Å². The minimum absolute atomic E-state index is 0.852. The van der Waals surface area contributed by atoms with E-state index in [9.17, 15) is 0 Å². The highest BCUT2D eigenvalue weighted by Gasteiger charge is 2.40. The van der Waals surface area contributed by atoms with Crippen LogP contribution in [0.4, 0.5) is 0 Å². The van der Waals surface area contributed by atoms with Crippen molar-refractivity contribution in [1.29, 1.82) is 0 Å². The fourth-order valence-corrected chi connectivity index (χ4v) is 17.7. The molecule has 0 spiro atoms. The zero-order valence-corrected chi connectivity index (χ0v) is 59.7. The summed E-state index contributed by atoms with van der Waals surface area (Å²) in [4.78, 5) is 6.86. The third-order valence-corrected chi connectivity index (χ3v) is 23.0. The largest absolute Gasteiger partial charge is 0.385 e. The minimum Gasteiger partial charge on any atom is -0.385 e. The summed E-state index contributed by atoms with van der Waals surface area (Å²) in [7, 11) is 0. The number of nitrogens with one attached hydrogen (secondary N) is 4. The van der Waals surface area contributed by atoms with Crippen LogP contribution in [0.2, 0.25) is 0 Å². The summed E-state index contributed by atoms with van der Waals surface area (Å²) in [6.45, 7) is 1.84. The lowest BCUT2D eigenvalue weighted by atomic mass is 9.64. The average molecular weight is 1390 g/mol. The fourth-order valence-electron chi connectivity index (χ4n) is 17.7. The van der Waals surface area contributed by atoms with Crippen molar-refractivity contribution in [3.8, 4) is 138 Å². The van der Waals surface area contributed by atoms with Gasteiger partial charge in [0.2, 0.25) is 0 Å². The average Bonchev–Trinajstić information content (AvgIpc) is 1.65. The number of allylic oxidation sites excluding steroid dienone is 2. The van der Waals surface area contributed by atoms with E-state index >= 15 is 0 Å². The predicted octanol–water partition coefficient (Wildman–Crippen LogP) is 23.0. The molecular formula is C105H68N4. The topological polar surface area (TPSA) is 55.6 Å². The molecule has 2 aromatic heterocycles. The maximum Gasteiger partial charge on any atom is 0.0701 e. The molecule has 0 atom stereocenters. The van der Waals surface area contributed by atoms with Gasteiger partial charge < -0.3 is 20.6 Å². The van der Waals surface area contributed by atoms with Crippen molar-refractivity contribution in [3.63, 3.8) is 0 Å². The molecule has 6 aliphatic rings. The first-order valence-electron chi connectivity index (χ1n) is 37.2. The Morgan fingerprint density at radius 2 is 0.505 bits per heavy atom. The Morgan fingerprint density at radius 1 is 0.257 bits per heavy atom. The second-order valence-corrected chi connectivity index (χ2v) is 29.0. The molecule has 0 bridgehead atoms. The molecule has 4 heterocycles. The molecule has 508 valence electrons. The van der Waals surface area contributed by atoms with Crippen LogP contribution in [0, 0.1) is 49.4 Å². The van der Waals surface area contributed by atoms with E-state index < -0.39 is 5.41 Å². The van der Waals surface area contributed by atoms with Gasteiger partial charge in [-0.05, 0) is 312 Å². The smallest absolute Gasteiger partial charge is 0.0701 e. The monoisotopic (exact) mass is 1380 g/mol. The zero-order chi connectivity index (χ0) is 72.8. The first-order chi connectivity index (χ1) is 53.7. The summed E-state index contributed by atoms with van der Waals surface area (Å²) in [6.07, 6.45) is 43.8. The molecule has 4 N–H and O–H groups in total. The molecule has 20 rings (SSSR count). The van der Waals surface area contributed by atoms with Crippen LogP contribution >= 0.6 is 0 Å². The van der Waals surface area contributed by atoms with Crippen LogP contribution in [0.15, 0.2) is 315 Å². The van der Waals surface area contributed by atoms with Gasteiger partial charge in [0.05, 0.1) is 5.41 Å². The molecule has 4 nitrogen and oxygen atoms in total. The molecular weight excluding hydrogens is 1320 g/mol. The normalized spacial score (nSPS) is 15.1.